The van der Waals surface area contributed by atoms with Gasteiger partial charge in [-0.1, -0.05) is 310 Å². The highest BCUT2D eigenvalue weighted by Crippen LogP contribution is 2.45. The number of hydrogen-bond donors (Lipinski definition) is 3. The van der Waals surface area contributed by atoms with Crippen LogP contribution >= 0.6 is 15.6 Å². The van der Waals surface area contributed by atoms with Gasteiger partial charge in [0.15, 0.2) is 12.2 Å². The molecule has 106 heavy (non-hydrogen) atoms. The van der Waals surface area contributed by atoms with E-state index < -0.39 is 97.5 Å². The van der Waals surface area contributed by atoms with Crippen molar-refractivity contribution in [1.82, 2.24) is 0 Å². The van der Waals surface area contributed by atoms with Gasteiger partial charge in [0.1, 0.15) is 19.3 Å². The van der Waals surface area contributed by atoms with E-state index in [9.17, 15) is 43.2 Å². The Labute approximate surface area is 644 Å². The first-order valence-corrected chi connectivity index (χ1v) is 44.8. The van der Waals surface area contributed by atoms with Gasteiger partial charge in [-0.05, 0) is 135 Å². The topological polar surface area (TPSA) is 237 Å². The van der Waals surface area contributed by atoms with Crippen molar-refractivity contribution in [2.45, 2.75) is 367 Å². The Kier molecular flexibility index (Phi) is 75.2. The van der Waals surface area contributed by atoms with Gasteiger partial charge in [0.05, 0.1) is 26.4 Å². The van der Waals surface area contributed by atoms with Crippen LogP contribution in [0.25, 0.3) is 0 Å². The first-order valence-electron chi connectivity index (χ1n) is 41.8. The fourth-order valence-electron chi connectivity index (χ4n) is 11.1. The SMILES string of the molecule is CC/C=C\C/C=C\C/C=C\C/C=C\C/C=C\CCCCCC(=O)OCC(COP(=O)(O)OCC(O)COP(=O)(O)OCC(COC(=O)CCCCCCCC/C=C\C/C=C\C/C=C\C/C=C\CC)OC(=O)CCCCCCC/C=C\CCCCCCCC)OC(=O)CCCCCCCCCCCCCCC. The molecular weight excluding hydrogens is 1380 g/mol. The zero-order chi connectivity index (χ0) is 77.4. The van der Waals surface area contributed by atoms with E-state index in [1.807, 2.05) is 0 Å². The molecule has 5 unspecified atom stereocenters. The third-order valence-corrected chi connectivity index (χ3v) is 19.3. The number of rotatable bonds is 78. The van der Waals surface area contributed by atoms with E-state index in [1.54, 1.807) is 0 Å². The second-order valence-electron chi connectivity index (χ2n) is 27.7. The summed E-state index contributed by atoms with van der Waals surface area (Å²) in [7, 11) is -9.97. The summed E-state index contributed by atoms with van der Waals surface area (Å²) in [6, 6.07) is 0. The minimum Gasteiger partial charge on any atom is -0.462 e. The van der Waals surface area contributed by atoms with Crippen molar-refractivity contribution < 1.29 is 80.2 Å². The van der Waals surface area contributed by atoms with Crippen LogP contribution in [0.4, 0.5) is 0 Å². The molecule has 610 valence electrons. The van der Waals surface area contributed by atoms with Crippen molar-refractivity contribution in [2.75, 3.05) is 39.6 Å². The molecule has 0 aromatic rings. The molecule has 0 aromatic carbocycles. The van der Waals surface area contributed by atoms with Crippen molar-refractivity contribution in [1.29, 1.82) is 0 Å². The monoisotopic (exact) mass is 1530 g/mol. The molecule has 19 heteroatoms. The van der Waals surface area contributed by atoms with Crippen LogP contribution in [0.15, 0.2) is 122 Å². The van der Waals surface area contributed by atoms with Crippen molar-refractivity contribution >= 4 is 39.5 Å². The van der Waals surface area contributed by atoms with E-state index in [1.165, 1.54) is 89.9 Å². The van der Waals surface area contributed by atoms with Crippen LogP contribution in [0.1, 0.15) is 349 Å². The Balaban J connectivity index is 5.38. The number of phosphoric ester groups is 2. The molecule has 17 nitrogen and oxygen atoms in total. The number of carbonyl (C=O) groups excluding carboxylic acids is 4. The maximum atomic E-state index is 13.1. The van der Waals surface area contributed by atoms with E-state index in [4.69, 9.17) is 37.0 Å². The minimum absolute atomic E-state index is 0.0804. The quantitative estimate of drug-likeness (QED) is 0.0169. The van der Waals surface area contributed by atoms with Crippen LogP contribution in [0.5, 0.6) is 0 Å². The van der Waals surface area contributed by atoms with E-state index in [0.29, 0.717) is 25.7 Å². The number of esters is 4. The largest absolute Gasteiger partial charge is 0.472 e. The van der Waals surface area contributed by atoms with Crippen LogP contribution in [0, 0.1) is 0 Å². The van der Waals surface area contributed by atoms with Crippen LogP contribution in [-0.4, -0.2) is 96.7 Å². The molecule has 3 N–H and O–H groups in total. The predicted octanol–water partition coefficient (Wildman–Crippen LogP) is 24.7. The van der Waals surface area contributed by atoms with Crippen molar-refractivity contribution in [3.05, 3.63) is 122 Å². The fourth-order valence-corrected chi connectivity index (χ4v) is 12.7. The lowest BCUT2D eigenvalue weighted by Gasteiger charge is -2.21. The van der Waals surface area contributed by atoms with Crippen LogP contribution < -0.4 is 0 Å². The summed E-state index contributed by atoms with van der Waals surface area (Å²) in [5, 5.41) is 10.7. The standard InChI is InChI=1S/C87H150O17P2/c1-5-9-13-17-21-25-29-33-36-38-40-42-45-48-51-55-59-63-67-71-84(89)97-77-82(103-86(91)73-69-65-61-57-53-47-32-28-24-20-16-12-8-4)79-101-105(93,94)99-75-81(88)76-100-106(95,96)102-80-83(104-87(92)74-70-66-62-58-54-50-44-35-31-27-23-19-15-11-7-3)78-98-85(90)72-68-64-60-56-52-49-46-43-41-39-37-34-30-26-22-18-14-10-6-2/h9-10,13-14,21-22,25-26,33-37,40-44,48,51,81-83,88H,5-8,11-12,15-20,23-24,27-32,38-39,45-47,49-50,52-80H2,1-4H3,(H,93,94)(H,95,96)/b13-9-,14-10-,25-21-,26-22-,36-33-,37-34-,42-40-,43-41-,44-35-,51-48-. The van der Waals surface area contributed by atoms with Gasteiger partial charge in [0, 0.05) is 25.7 Å². The lowest BCUT2D eigenvalue weighted by Crippen LogP contribution is -2.30. The van der Waals surface area contributed by atoms with E-state index >= 15 is 0 Å². The molecule has 0 heterocycles. The molecule has 0 radical (unpaired) electrons. The maximum Gasteiger partial charge on any atom is 0.472 e. The molecule has 0 saturated carbocycles. The third kappa shape index (κ3) is 77.6. The molecule has 0 aliphatic carbocycles. The zero-order valence-corrected chi connectivity index (χ0v) is 68.6. The third-order valence-electron chi connectivity index (χ3n) is 17.4. The van der Waals surface area contributed by atoms with Gasteiger partial charge in [-0.25, -0.2) is 9.13 Å². The number of aliphatic hydroxyl groups is 1. The summed E-state index contributed by atoms with van der Waals surface area (Å²) in [6.07, 6.45) is 87.3. The lowest BCUT2D eigenvalue weighted by molar-refractivity contribution is -0.161. The van der Waals surface area contributed by atoms with E-state index in [2.05, 4.69) is 149 Å². The van der Waals surface area contributed by atoms with E-state index in [0.717, 1.165) is 180 Å². The molecule has 0 spiro atoms. The number of allylic oxidation sites excluding steroid dienone is 20. The molecule has 0 saturated heterocycles. The predicted molar refractivity (Wildman–Crippen MR) is 436 cm³/mol. The molecule has 0 fully saturated rings. The summed E-state index contributed by atoms with van der Waals surface area (Å²) in [4.78, 5) is 73.1. The van der Waals surface area contributed by atoms with Gasteiger partial charge in [0.2, 0.25) is 0 Å². The number of ether oxygens (including phenoxy) is 4. The summed E-state index contributed by atoms with van der Waals surface area (Å²) in [5.74, 6) is -2.22. The average Bonchev–Trinajstić information content (AvgIpc) is 0.901. The van der Waals surface area contributed by atoms with Gasteiger partial charge in [0.25, 0.3) is 0 Å². The molecule has 0 bridgehead atoms. The number of carbonyl (C=O) groups is 4. The minimum atomic E-state index is -4.99. The number of unbranched alkanes of at least 4 members (excludes halogenated alkanes) is 32. The number of phosphoric acid groups is 2. The Hall–Kier alpha value is -4.54. The average molecular weight is 1530 g/mol. The molecule has 0 aromatic heterocycles. The van der Waals surface area contributed by atoms with E-state index in [-0.39, 0.29) is 25.7 Å². The van der Waals surface area contributed by atoms with Gasteiger partial charge >= 0.3 is 39.5 Å². The second kappa shape index (κ2) is 78.6. The van der Waals surface area contributed by atoms with Crippen LogP contribution in [0.2, 0.25) is 0 Å². The Morgan fingerprint density at radius 1 is 0.274 bits per heavy atom. The summed E-state index contributed by atoms with van der Waals surface area (Å²) in [5.41, 5.74) is 0. The highest BCUT2D eigenvalue weighted by molar-refractivity contribution is 7.47. The highest BCUT2D eigenvalue weighted by atomic mass is 31.2. The number of hydrogen-bond acceptors (Lipinski definition) is 15. The van der Waals surface area contributed by atoms with Gasteiger partial charge in [-0.15, -0.1) is 0 Å². The number of aliphatic hydroxyl groups excluding tert-OH is 1. The highest BCUT2D eigenvalue weighted by Gasteiger charge is 2.30. The second-order valence-corrected chi connectivity index (χ2v) is 30.6. The molecule has 5 atom stereocenters. The van der Waals surface area contributed by atoms with Gasteiger partial charge in [-0.3, -0.25) is 37.3 Å². The summed E-state index contributed by atoms with van der Waals surface area (Å²) >= 11 is 0. The van der Waals surface area contributed by atoms with Crippen molar-refractivity contribution in [3.63, 3.8) is 0 Å². The molecule has 0 aliphatic heterocycles. The summed E-state index contributed by atoms with van der Waals surface area (Å²) in [6.45, 7) is 4.63. The molecule has 0 rings (SSSR count). The van der Waals surface area contributed by atoms with Gasteiger partial charge < -0.3 is 33.8 Å². The molecule has 0 aliphatic rings. The van der Waals surface area contributed by atoms with Crippen LogP contribution in [0.3, 0.4) is 0 Å². The maximum absolute atomic E-state index is 13.1. The molecular formula is C87H150O17P2. The smallest absolute Gasteiger partial charge is 0.462 e. The fraction of sp³-hybridized carbons (Fsp3) is 0.724. The van der Waals surface area contributed by atoms with Crippen molar-refractivity contribution in [2.24, 2.45) is 0 Å². The molecule has 0 amide bonds. The Morgan fingerprint density at radius 2 is 0.491 bits per heavy atom. The van der Waals surface area contributed by atoms with Crippen molar-refractivity contribution in [3.8, 4) is 0 Å². The summed E-state index contributed by atoms with van der Waals surface area (Å²) < 4.78 is 68.7. The first-order chi connectivity index (χ1) is 51.7. The zero-order valence-electron chi connectivity index (χ0n) is 66.8. The lowest BCUT2D eigenvalue weighted by atomic mass is 10.0. The first kappa shape index (κ1) is 101. The Bertz CT molecular complexity index is 2480. The van der Waals surface area contributed by atoms with Crippen LogP contribution in [-0.2, 0) is 65.4 Å². The Morgan fingerprint density at radius 3 is 0.774 bits per heavy atom. The van der Waals surface area contributed by atoms with Gasteiger partial charge in [-0.2, -0.15) is 0 Å². The normalized spacial score (nSPS) is 14.4.